The molecule has 0 saturated carbocycles. The SMILES string of the molecule is CCCC#Cc1cnc2c(c1)C(=O)N([C@H](C)CO)C[C@@H](C)[C@H](CN(C)C(=O)Cc1ccccc1)O2. The lowest BCUT2D eigenvalue weighted by Gasteiger charge is -2.37. The highest BCUT2D eigenvalue weighted by Crippen LogP contribution is 2.27. The number of aliphatic hydroxyl groups excluding tert-OH is 1. The van der Waals surface area contributed by atoms with Crippen LogP contribution in [-0.2, 0) is 11.2 Å². The van der Waals surface area contributed by atoms with Crippen LogP contribution in [0.4, 0.5) is 0 Å². The second kappa shape index (κ2) is 12.4. The number of aromatic nitrogens is 1. The van der Waals surface area contributed by atoms with Crippen molar-refractivity contribution in [3.05, 3.63) is 59.3 Å². The summed E-state index contributed by atoms with van der Waals surface area (Å²) in [5.41, 5.74) is 1.92. The van der Waals surface area contributed by atoms with E-state index in [1.165, 1.54) is 0 Å². The number of hydrogen-bond acceptors (Lipinski definition) is 5. The first kappa shape index (κ1) is 26.2. The zero-order chi connectivity index (χ0) is 25.4. The van der Waals surface area contributed by atoms with Crippen molar-refractivity contribution in [2.24, 2.45) is 5.92 Å². The molecule has 0 bridgehead atoms. The highest BCUT2D eigenvalue weighted by Gasteiger charge is 2.34. The maximum atomic E-state index is 13.4. The molecule has 0 spiro atoms. The molecule has 0 saturated heterocycles. The maximum absolute atomic E-state index is 13.4. The number of amides is 2. The molecule has 7 nitrogen and oxygen atoms in total. The molecule has 2 heterocycles. The number of fused-ring (bicyclic) bond motifs is 1. The van der Waals surface area contributed by atoms with Crippen LogP contribution in [0.25, 0.3) is 0 Å². The fourth-order valence-corrected chi connectivity index (χ4v) is 3.96. The largest absolute Gasteiger partial charge is 0.472 e. The van der Waals surface area contributed by atoms with E-state index in [1.807, 2.05) is 44.2 Å². The molecule has 35 heavy (non-hydrogen) atoms. The molecule has 0 radical (unpaired) electrons. The lowest BCUT2D eigenvalue weighted by molar-refractivity contribution is -0.130. The van der Waals surface area contributed by atoms with E-state index in [0.29, 0.717) is 30.6 Å². The van der Waals surface area contributed by atoms with Gasteiger partial charge in [-0.1, -0.05) is 56.0 Å². The Morgan fingerprint density at radius 1 is 1.34 bits per heavy atom. The van der Waals surface area contributed by atoms with E-state index < -0.39 is 0 Å². The number of rotatable bonds is 7. The molecule has 7 heteroatoms. The minimum absolute atomic E-state index is 0.0135. The first-order valence-corrected chi connectivity index (χ1v) is 12.2. The van der Waals surface area contributed by atoms with E-state index in [-0.39, 0.29) is 42.4 Å². The molecule has 1 aromatic carbocycles. The van der Waals surface area contributed by atoms with Crippen LogP contribution in [-0.4, -0.2) is 70.6 Å². The Morgan fingerprint density at radius 3 is 2.77 bits per heavy atom. The van der Waals surface area contributed by atoms with Crippen LogP contribution in [0.5, 0.6) is 5.88 Å². The van der Waals surface area contributed by atoms with Crippen molar-refractivity contribution in [3.63, 3.8) is 0 Å². The van der Waals surface area contributed by atoms with Crippen molar-refractivity contribution < 1.29 is 19.4 Å². The molecule has 0 fully saturated rings. The van der Waals surface area contributed by atoms with Crippen LogP contribution in [0, 0.1) is 17.8 Å². The molecule has 1 aromatic heterocycles. The van der Waals surface area contributed by atoms with Crippen molar-refractivity contribution in [2.75, 3.05) is 26.7 Å². The average molecular weight is 478 g/mol. The molecule has 1 aliphatic rings. The van der Waals surface area contributed by atoms with Crippen molar-refractivity contribution in [2.45, 2.75) is 52.2 Å². The van der Waals surface area contributed by atoms with Gasteiger partial charge in [-0.05, 0) is 25.0 Å². The minimum Gasteiger partial charge on any atom is -0.472 e. The van der Waals surface area contributed by atoms with Gasteiger partial charge < -0.3 is 19.6 Å². The van der Waals surface area contributed by atoms with E-state index in [2.05, 4.69) is 23.7 Å². The van der Waals surface area contributed by atoms with Gasteiger partial charge >= 0.3 is 0 Å². The molecular weight excluding hydrogens is 442 g/mol. The summed E-state index contributed by atoms with van der Waals surface area (Å²) in [6.07, 6.45) is 3.25. The van der Waals surface area contributed by atoms with Crippen LogP contribution >= 0.6 is 0 Å². The normalized spacial score (nSPS) is 18.3. The van der Waals surface area contributed by atoms with Gasteiger partial charge in [0.25, 0.3) is 5.91 Å². The minimum atomic E-state index is -0.385. The summed E-state index contributed by atoms with van der Waals surface area (Å²) in [5.74, 6) is 6.01. The molecule has 0 unspecified atom stereocenters. The number of benzene rings is 1. The van der Waals surface area contributed by atoms with Crippen LogP contribution in [0.1, 0.15) is 55.1 Å². The Kier molecular flexibility index (Phi) is 9.27. The Hall–Kier alpha value is -3.37. The Morgan fingerprint density at radius 2 is 2.09 bits per heavy atom. The molecule has 2 aromatic rings. The number of nitrogens with zero attached hydrogens (tertiary/aromatic N) is 3. The molecule has 186 valence electrons. The van der Waals surface area contributed by atoms with Gasteiger partial charge in [0, 0.05) is 37.7 Å². The molecule has 3 rings (SSSR count). The smallest absolute Gasteiger partial charge is 0.259 e. The third kappa shape index (κ3) is 6.83. The molecule has 1 N–H and O–H groups in total. The second-order valence-electron chi connectivity index (χ2n) is 9.19. The van der Waals surface area contributed by atoms with Crippen LogP contribution in [0.15, 0.2) is 42.6 Å². The van der Waals surface area contributed by atoms with Crippen molar-refractivity contribution >= 4 is 11.8 Å². The molecular formula is C28H35N3O4. The number of carbonyl (C=O) groups excluding carboxylic acids is 2. The summed E-state index contributed by atoms with van der Waals surface area (Å²) >= 11 is 0. The summed E-state index contributed by atoms with van der Waals surface area (Å²) in [5, 5.41) is 9.81. The number of likely N-dealkylation sites (N-methyl/N-ethyl adjacent to an activating group) is 1. The lowest BCUT2D eigenvalue weighted by atomic mass is 9.99. The molecule has 2 amide bonds. The number of aliphatic hydroxyl groups is 1. The summed E-state index contributed by atoms with van der Waals surface area (Å²) in [6, 6.07) is 11.0. The molecule has 0 aliphatic carbocycles. The first-order valence-electron chi connectivity index (χ1n) is 12.2. The number of carbonyl (C=O) groups is 2. The number of ether oxygens (including phenoxy) is 1. The third-order valence-electron chi connectivity index (χ3n) is 6.21. The van der Waals surface area contributed by atoms with Gasteiger partial charge in [0.15, 0.2) is 0 Å². The average Bonchev–Trinajstić information content (AvgIpc) is 2.86. The van der Waals surface area contributed by atoms with Crippen LogP contribution in [0.3, 0.4) is 0 Å². The summed E-state index contributed by atoms with van der Waals surface area (Å²) in [4.78, 5) is 34.1. The topological polar surface area (TPSA) is 83.0 Å². The highest BCUT2D eigenvalue weighted by atomic mass is 16.5. The lowest BCUT2D eigenvalue weighted by Crippen LogP contribution is -2.50. The van der Waals surface area contributed by atoms with Crippen LogP contribution in [0.2, 0.25) is 0 Å². The zero-order valence-electron chi connectivity index (χ0n) is 21.0. The van der Waals surface area contributed by atoms with Crippen molar-refractivity contribution in [3.8, 4) is 17.7 Å². The van der Waals surface area contributed by atoms with E-state index in [4.69, 9.17) is 4.74 Å². The van der Waals surface area contributed by atoms with E-state index in [9.17, 15) is 14.7 Å². The number of hydrogen-bond donors (Lipinski definition) is 1. The van der Waals surface area contributed by atoms with Crippen LogP contribution < -0.4 is 4.74 Å². The summed E-state index contributed by atoms with van der Waals surface area (Å²) in [6.45, 7) is 6.44. The fraction of sp³-hybridized carbons (Fsp3) is 0.464. The molecule has 3 atom stereocenters. The number of pyridine rings is 1. The highest BCUT2D eigenvalue weighted by molar-refractivity contribution is 5.97. The monoisotopic (exact) mass is 477 g/mol. The van der Waals surface area contributed by atoms with Gasteiger partial charge in [-0.15, -0.1) is 0 Å². The first-order chi connectivity index (χ1) is 16.8. The predicted molar refractivity (Wildman–Crippen MR) is 135 cm³/mol. The number of unbranched alkanes of at least 4 members (excludes halogenated alkanes) is 1. The fourth-order valence-electron chi connectivity index (χ4n) is 3.96. The summed E-state index contributed by atoms with van der Waals surface area (Å²) < 4.78 is 6.27. The van der Waals surface area contributed by atoms with E-state index >= 15 is 0 Å². The third-order valence-corrected chi connectivity index (χ3v) is 6.21. The maximum Gasteiger partial charge on any atom is 0.259 e. The Bertz CT molecular complexity index is 1080. The summed E-state index contributed by atoms with van der Waals surface area (Å²) in [7, 11) is 1.76. The van der Waals surface area contributed by atoms with Gasteiger partial charge in [-0.2, -0.15) is 0 Å². The standard InChI is InChI=1S/C28H35N3O4/c1-5-6-8-13-23-14-24-27(29-16-23)35-25(20(2)17-31(28(24)34)21(3)19-32)18-30(4)26(33)15-22-11-9-7-10-12-22/h7,9-12,14,16,20-21,25,32H,5-6,15,17-19H2,1-4H3/t20-,21-,25+/m1/s1. The second-order valence-corrected chi connectivity index (χ2v) is 9.19. The van der Waals surface area contributed by atoms with Gasteiger partial charge in [0.05, 0.1) is 25.6 Å². The van der Waals surface area contributed by atoms with Crippen molar-refractivity contribution in [1.82, 2.24) is 14.8 Å². The zero-order valence-corrected chi connectivity index (χ0v) is 21.0. The van der Waals surface area contributed by atoms with Gasteiger partial charge in [0.1, 0.15) is 11.7 Å². The Balaban J connectivity index is 1.87. The van der Waals surface area contributed by atoms with Crippen molar-refractivity contribution in [1.29, 1.82) is 0 Å². The van der Waals surface area contributed by atoms with Gasteiger partial charge in [0.2, 0.25) is 11.8 Å². The van der Waals surface area contributed by atoms with E-state index in [0.717, 1.165) is 18.4 Å². The van der Waals surface area contributed by atoms with Gasteiger partial charge in [-0.3, -0.25) is 9.59 Å². The quantitative estimate of drug-likeness (QED) is 0.620. The van der Waals surface area contributed by atoms with E-state index in [1.54, 1.807) is 29.1 Å². The Labute approximate surface area is 208 Å². The van der Waals surface area contributed by atoms with Gasteiger partial charge in [-0.25, -0.2) is 4.98 Å². The molecule has 1 aliphatic heterocycles. The predicted octanol–water partition coefficient (Wildman–Crippen LogP) is 3.15.